The second kappa shape index (κ2) is 9.06. The fourth-order valence-electron chi connectivity index (χ4n) is 4.93. The van der Waals surface area contributed by atoms with Crippen molar-refractivity contribution in [3.8, 4) is 11.5 Å². The van der Waals surface area contributed by atoms with E-state index < -0.39 is 0 Å². The number of hydrogen-bond donors (Lipinski definition) is 0. The van der Waals surface area contributed by atoms with Crippen molar-refractivity contribution in [1.82, 2.24) is 5.01 Å². The summed E-state index contributed by atoms with van der Waals surface area (Å²) in [5.74, 6) is 0.559. The molecule has 8 heteroatoms. The second-order valence-electron chi connectivity index (χ2n) is 8.41. The molecule has 0 unspecified atom stereocenters. The van der Waals surface area contributed by atoms with Gasteiger partial charge in [0.15, 0.2) is 11.5 Å². The van der Waals surface area contributed by atoms with Crippen LogP contribution in [0.25, 0.3) is 0 Å². The Kier molecular flexibility index (Phi) is 6.14. The SMILES string of the molecule is CCOc1cc(/C=N\N2C(=O)[C@H]3[C@H](C2=O)[C@H]2C=C[C@H]3C2)cc(Br)c1OCc1ccc(Br)cc1. The van der Waals surface area contributed by atoms with Crippen molar-refractivity contribution in [2.45, 2.75) is 20.0 Å². The Morgan fingerprint density at radius 1 is 1.03 bits per heavy atom. The summed E-state index contributed by atoms with van der Waals surface area (Å²) in [6.07, 6.45) is 6.57. The standard InChI is InChI=1S/C25H22Br2N2O4/c1-2-32-20-10-15(9-19(27)23(20)33-13-14-3-7-18(26)8-4-14)12-28-29-24(30)21-16-5-6-17(11-16)22(21)25(29)31/h3-10,12,16-17,21-22H,2,11,13H2,1H3/b28-12-/t16-,17-,21+,22+/m0/s1. The number of benzene rings is 2. The molecule has 4 atom stereocenters. The van der Waals surface area contributed by atoms with Crippen LogP contribution >= 0.6 is 31.9 Å². The van der Waals surface area contributed by atoms with Crippen LogP contribution < -0.4 is 9.47 Å². The first-order chi connectivity index (χ1) is 16.0. The van der Waals surface area contributed by atoms with Gasteiger partial charge in [-0.3, -0.25) is 9.59 Å². The Labute approximate surface area is 208 Å². The number of hydrazone groups is 1. The molecule has 1 heterocycles. The van der Waals surface area contributed by atoms with Gasteiger partial charge < -0.3 is 9.47 Å². The lowest BCUT2D eigenvalue weighted by Gasteiger charge is -2.15. The summed E-state index contributed by atoms with van der Waals surface area (Å²) in [5, 5.41) is 5.32. The average Bonchev–Trinajstić information content (AvgIpc) is 3.47. The number of carbonyl (C=O) groups is 2. The van der Waals surface area contributed by atoms with Crippen molar-refractivity contribution in [2.75, 3.05) is 6.61 Å². The smallest absolute Gasteiger partial charge is 0.254 e. The number of fused-ring (bicyclic) bond motifs is 5. The highest BCUT2D eigenvalue weighted by Gasteiger charge is 2.59. The van der Waals surface area contributed by atoms with Crippen LogP contribution in [0.15, 0.2) is 62.6 Å². The fraction of sp³-hybridized carbons (Fsp3) is 0.320. The van der Waals surface area contributed by atoms with E-state index in [0.29, 0.717) is 34.7 Å². The van der Waals surface area contributed by atoms with Crippen molar-refractivity contribution in [3.05, 3.63) is 68.6 Å². The van der Waals surface area contributed by atoms with E-state index in [1.54, 1.807) is 6.07 Å². The molecule has 0 N–H and O–H groups in total. The molecule has 1 saturated carbocycles. The third-order valence-corrected chi connectivity index (χ3v) is 7.52. The van der Waals surface area contributed by atoms with E-state index >= 15 is 0 Å². The van der Waals surface area contributed by atoms with E-state index in [1.807, 2.05) is 37.3 Å². The summed E-state index contributed by atoms with van der Waals surface area (Å²) in [5.41, 5.74) is 1.72. The summed E-state index contributed by atoms with van der Waals surface area (Å²) in [6.45, 7) is 2.75. The van der Waals surface area contributed by atoms with Gasteiger partial charge in [-0.1, -0.05) is 40.2 Å². The van der Waals surface area contributed by atoms with Gasteiger partial charge in [0.1, 0.15) is 6.61 Å². The zero-order valence-corrected chi connectivity index (χ0v) is 21.1. The third kappa shape index (κ3) is 4.15. The molecule has 0 aromatic heterocycles. The Morgan fingerprint density at radius 3 is 2.33 bits per heavy atom. The van der Waals surface area contributed by atoms with Gasteiger partial charge in [-0.05, 0) is 76.5 Å². The molecule has 0 radical (unpaired) electrons. The summed E-state index contributed by atoms with van der Waals surface area (Å²) < 4.78 is 13.5. The molecule has 2 bridgehead atoms. The molecule has 2 aromatic rings. The number of rotatable bonds is 7. The molecular weight excluding hydrogens is 552 g/mol. The maximum absolute atomic E-state index is 12.8. The van der Waals surface area contributed by atoms with Gasteiger partial charge in [0.25, 0.3) is 11.8 Å². The van der Waals surface area contributed by atoms with E-state index in [2.05, 4.69) is 49.1 Å². The van der Waals surface area contributed by atoms with Crippen LogP contribution in [0, 0.1) is 23.7 Å². The first-order valence-electron chi connectivity index (χ1n) is 10.9. The molecule has 2 amide bonds. The highest BCUT2D eigenvalue weighted by molar-refractivity contribution is 9.10. The first-order valence-corrected chi connectivity index (χ1v) is 12.5. The van der Waals surface area contributed by atoms with Gasteiger partial charge in [0.2, 0.25) is 0 Å². The molecule has 6 nitrogen and oxygen atoms in total. The number of imide groups is 1. The van der Waals surface area contributed by atoms with Crippen LogP contribution in [-0.2, 0) is 16.2 Å². The molecule has 2 aliphatic carbocycles. The minimum absolute atomic E-state index is 0.164. The van der Waals surface area contributed by atoms with E-state index in [4.69, 9.17) is 9.47 Å². The second-order valence-corrected chi connectivity index (χ2v) is 10.2. The summed E-state index contributed by atoms with van der Waals surface area (Å²) in [4.78, 5) is 25.7. The van der Waals surface area contributed by atoms with E-state index in [0.717, 1.165) is 21.5 Å². The van der Waals surface area contributed by atoms with Gasteiger partial charge in [-0.15, -0.1) is 0 Å². The Morgan fingerprint density at radius 2 is 1.70 bits per heavy atom. The molecular formula is C25H22Br2N2O4. The molecule has 1 saturated heterocycles. The molecule has 1 aliphatic heterocycles. The summed E-state index contributed by atoms with van der Waals surface area (Å²) in [6, 6.07) is 11.5. The first kappa shape index (κ1) is 22.3. The van der Waals surface area contributed by atoms with Crippen LogP contribution in [0.2, 0.25) is 0 Å². The summed E-state index contributed by atoms with van der Waals surface area (Å²) >= 11 is 7.00. The van der Waals surface area contributed by atoms with E-state index in [9.17, 15) is 9.59 Å². The highest BCUT2D eigenvalue weighted by Crippen LogP contribution is 2.52. The average molecular weight is 574 g/mol. The van der Waals surface area contributed by atoms with Crippen molar-refractivity contribution in [3.63, 3.8) is 0 Å². The van der Waals surface area contributed by atoms with Gasteiger partial charge in [-0.2, -0.15) is 10.1 Å². The largest absolute Gasteiger partial charge is 0.490 e. The lowest BCUT2D eigenvalue weighted by atomic mass is 9.85. The number of ether oxygens (including phenoxy) is 2. The van der Waals surface area contributed by atoms with Gasteiger partial charge >= 0.3 is 0 Å². The lowest BCUT2D eigenvalue weighted by Crippen LogP contribution is -2.28. The van der Waals surface area contributed by atoms with E-state index in [-0.39, 0.29) is 35.5 Å². The number of hydrogen-bond acceptors (Lipinski definition) is 5. The quantitative estimate of drug-likeness (QED) is 0.255. The van der Waals surface area contributed by atoms with Crippen LogP contribution in [0.3, 0.4) is 0 Å². The summed E-state index contributed by atoms with van der Waals surface area (Å²) in [7, 11) is 0. The van der Waals surface area contributed by atoms with Crippen molar-refractivity contribution in [1.29, 1.82) is 0 Å². The molecule has 5 rings (SSSR count). The number of carbonyl (C=O) groups excluding carboxylic acids is 2. The molecule has 3 aliphatic rings. The van der Waals surface area contributed by atoms with Crippen LogP contribution in [0.5, 0.6) is 11.5 Å². The monoisotopic (exact) mass is 572 g/mol. The molecule has 2 fully saturated rings. The Bertz CT molecular complexity index is 1130. The van der Waals surface area contributed by atoms with E-state index in [1.165, 1.54) is 6.21 Å². The number of allylic oxidation sites excluding steroid dienone is 2. The molecule has 33 heavy (non-hydrogen) atoms. The van der Waals surface area contributed by atoms with Gasteiger partial charge in [0.05, 0.1) is 29.1 Å². The number of amides is 2. The minimum Gasteiger partial charge on any atom is -0.490 e. The van der Waals surface area contributed by atoms with Crippen molar-refractivity contribution in [2.24, 2.45) is 28.8 Å². The predicted molar refractivity (Wildman–Crippen MR) is 131 cm³/mol. The fourth-order valence-corrected chi connectivity index (χ4v) is 5.76. The number of nitrogens with zero attached hydrogens (tertiary/aromatic N) is 2. The van der Waals surface area contributed by atoms with Crippen molar-refractivity contribution >= 4 is 49.9 Å². The zero-order chi connectivity index (χ0) is 23.1. The van der Waals surface area contributed by atoms with Crippen LogP contribution in [0.4, 0.5) is 0 Å². The maximum atomic E-state index is 12.8. The predicted octanol–water partition coefficient (Wildman–Crippen LogP) is 5.33. The van der Waals surface area contributed by atoms with Crippen LogP contribution in [-0.4, -0.2) is 29.6 Å². The molecule has 2 aromatic carbocycles. The topological polar surface area (TPSA) is 68.2 Å². The zero-order valence-electron chi connectivity index (χ0n) is 17.9. The molecule has 0 spiro atoms. The highest BCUT2D eigenvalue weighted by atomic mass is 79.9. The molecule has 170 valence electrons. The number of halogens is 2. The lowest BCUT2D eigenvalue weighted by molar-refractivity contribution is -0.140. The Hall–Kier alpha value is -2.45. The van der Waals surface area contributed by atoms with Crippen LogP contribution in [0.1, 0.15) is 24.5 Å². The van der Waals surface area contributed by atoms with Gasteiger partial charge in [0, 0.05) is 4.47 Å². The normalized spacial score (nSPS) is 25.4. The van der Waals surface area contributed by atoms with Crippen molar-refractivity contribution < 1.29 is 19.1 Å². The third-order valence-electron chi connectivity index (χ3n) is 6.40. The van der Waals surface area contributed by atoms with Gasteiger partial charge in [-0.25, -0.2) is 0 Å². The maximum Gasteiger partial charge on any atom is 0.254 e. The Balaban J connectivity index is 1.34. The minimum atomic E-state index is -0.259.